The van der Waals surface area contributed by atoms with Gasteiger partial charge in [0.05, 0.1) is 18.0 Å². The molecule has 0 aromatic heterocycles. The summed E-state index contributed by atoms with van der Waals surface area (Å²) >= 11 is 0. The molecule has 0 bridgehead atoms. The number of ether oxygens (including phenoxy) is 1. The van der Waals surface area contributed by atoms with Gasteiger partial charge < -0.3 is 10.1 Å². The molecule has 1 aliphatic carbocycles. The third-order valence-corrected chi connectivity index (χ3v) is 3.17. The SMILES string of the molecule is CNC(=O)c1ccc(OC2CC2)c(NS(C)(=O)=O)c1. The minimum atomic E-state index is -3.43. The van der Waals surface area contributed by atoms with Crippen molar-refractivity contribution < 1.29 is 17.9 Å². The molecule has 7 heteroatoms. The molecule has 19 heavy (non-hydrogen) atoms. The van der Waals surface area contributed by atoms with Crippen LogP contribution >= 0.6 is 0 Å². The lowest BCUT2D eigenvalue weighted by Gasteiger charge is -2.13. The van der Waals surface area contributed by atoms with Crippen LogP contribution in [0.3, 0.4) is 0 Å². The molecule has 1 aromatic rings. The molecule has 1 aliphatic rings. The first-order chi connectivity index (χ1) is 8.89. The fourth-order valence-electron chi connectivity index (χ4n) is 1.56. The van der Waals surface area contributed by atoms with Gasteiger partial charge in [-0.3, -0.25) is 9.52 Å². The number of hydrogen-bond donors (Lipinski definition) is 2. The molecule has 1 saturated carbocycles. The number of nitrogens with one attached hydrogen (secondary N) is 2. The van der Waals surface area contributed by atoms with Crippen LogP contribution in [0.5, 0.6) is 5.75 Å². The van der Waals surface area contributed by atoms with Gasteiger partial charge in [0, 0.05) is 12.6 Å². The number of carbonyl (C=O) groups excluding carboxylic acids is 1. The van der Waals surface area contributed by atoms with Crippen LogP contribution < -0.4 is 14.8 Å². The van der Waals surface area contributed by atoms with Gasteiger partial charge in [-0.25, -0.2) is 8.42 Å². The zero-order chi connectivity index (χ0) is 14.0. The van der Waals surface area contributed by atoms with E-state index in [2.05, 4.69) is 10.0 Å². The van der Waals surface area contributed by atoms with Crippen molar-refractivity contribution in [2.24, 2.45) is 0 Å². The van der Waals surface area contributed by atoms with E-state index < -0.39 is 10.0 Å². The second-order valence-corrected chi connectivity index (χ2v) is 6.23. The maximum Gasteiger partial charge on any atom is 0.251 e. The largest absolute Gasteiger partial charge is 0.488 e. The summed E-state index contributed by atoms with van der Waals surface area (Å²) in [5.74, 6) is 0.162. The van der Waals surface area contributed by atoms with E-state index in [4.69, 9.17) is 4.74 Å². The van der Waals surface area contributed by atoms with Crippen molar-refractivity contribution in [2.75, 3.05) is 18.0 Å². The van der Waals surface area contributed by atoms with Crippen LogP contribution in [0.2, 0.25) is 0 Å². The first kappa shape index (κ1) is 13.7. The van der Waals surface area contributed by atoms with Crippen LogP contribution in [-0.4, -0.2) is 33.7 Å². The maximum absolute atomic E-state index is 11.5. The van der Waals surface area contributed by atoms with Gasteiger partial charge in [-0.2, -0.15) is 0 Å². The van der Waals surface area contributed by atoms with E-state index in [0.29, 0.717) is 11.3 Å². The first-order valence-electron chi connectivity index (χ1n) is 5.89. The van der Waals surface area contributed by atoms with E-state index in [9.17, 15) is 13.2 Å². The van der Waals surface area contributed by atoms with Crippen LogP contribution in [0.1, 0.15) is 23.2 Å². The Labute approximate surface area is 112 Å². The summed E-state index contributed by atoms with van der Waals surface area (Å²) in [6.45, 7) is 0. The number of amides is 1. The second-order valence-electron chi connectivity index (χ2n) is 4.48. The average Bonchev–Trinajstić information content (AvgIpc) is 3.12. The Hall–Kier alpha value is -1.76. The normalized spacial score (nSPS) is 14.8. The van der Waals surface area contributed by atoms with Crippen LogP contribution in [0, 0.1) is 0 Å². The Balaban J connectivity index is 2.33. The van der Waals surface area contributed by atoms with Crippen LogP contribution in [0.4, 0.5) is 5.69 Å². The van der Waals surface area contributed by atoms with E-state index in [-0.39, 0.29) is 17.7 Å². The zero-order valence-electron chi connectivity index (χ0n) is 10.8. The van der Waals surface area contributed by atoms with E-state index >= 15 is 0 Å². The average molecular weight is 284 g/mol. The summed E-state index contributed by atoms with van der Waals surface area (Å²) in [6.07, 6.45) is 3.14. The Morgan fingerprint density at radius 2 is 2.05 bits per heavy atom. The molecule has 104 valence electrons. The van der Waals surface area contributed by atoms with Crippen LogP contribution in [0.15, 0.2) is 18.2 Å². The third-order valence-electron chi connectivity index (χ3n) is 2.58. The Bertz CT molecular complexity index is 594. The molecular weight excluding hydrogens is 268 g/mol. The van der Waals surface area contributed by atoms with Crippen molar-refractivity contribution in [2.45, 2.75) is 18.9 Å². The summed E-state index contributed by atoms with van der Waals surface area (Å²) in [6, 6.07) is 4.68. The molecule has 2 N–H and O–H groups in total. The number of rotatable bonds is 5. The lowest BCUT2D eigenvalue weighted by Crippen LogP contribution is -2.18. The first-order valence-corrected chi connectivity index (χ1v) is 7.79. The molecular formula is C12H16N2O4S. The lowest BCUT2D eigenvalue weighted by molar-refractivity contribution is 0.0963. The maximum atomic E-state index is 11.5. The zero-order valence-corrected chi connectivity index (χ0v) is 11.6. The molecule has 2 rings (SSSR count). The van der Waals surface area contributed by atoms with Gasteiger partial charge in [-0.15, -0.1) is 0 Å². The highest BCUT2D eigenvalue weighted by Crippen LogP contribution is 2.33. The monoisotopic (exact) mass is 284 g/mol. The van der Waals surface area contributed by atoms with Gasteiger partial charge in [-0.1, -0.05) is 0 Å². The predicted octanol–water partition coefficient (Wildman–Crippen LogP) is 0.959. The van der Waals surface area contributed by atoms with Crippen molar-refractivity contribution in [1.82, 2.24) is 5.32 Å². The lowest BCUT2D eigenvalue weighted by atomic mass is 10.2. The highest BCUT2D eigenvalue weighted by Gasteiger charge is 2.25. The quantitative estimate of drug-likeness (QED) is 0.843. The van der Waals surface area contributed by atoms with Crippen molar-refractivity contribution in [3.63, 3.8) is 0 Å². The number of sulfonamides is 1. The summed E-state index contributed by atoms with van der Waals surface area (Å²) < 4.78 is 30.7. The Morgan fingerprint density at radius 1 is 1.37 bits per heavy atom. The van der Waals surface area contributed by atoms with Crippen molar-refractivity contribution in [1.29, 1.82) is 0 Å². The molecule has 0 saturated heterocycles. The Kier molecular flexibility index (Phi) is 3.66. The topological polar surface area (TPSA) is 84.5 Å². The van der Waals surface area contributed by atoms with E-state index in [0.717, 1.165) is 19.1 Å². The summed E-state index contributed by atoms with van der Waals surface area (Å²) in [4.78, 5) is 11.5. The van der Waals surface area contributed by atoms with Gasteiger partial charge >= 0.3 is 0 Å². The fourth-order valence-corrected chi connectivity index (χ4v) is 2.12. The van der Waals surface area contributed by atoms with E-state index in [1.807, 2.05) is 0 Å². The molecule has 6 nitrogen and oxygen atoms in total. The van der Waals surface area contributed by atoms with Crippen LogP contribution in [0.25, 0.3) is 0 Å². The third kappa shape index (κ3) is 3.85. The number of hydrogen-bond acceptors (Lipinski definition) is 4. The standard InChI is InChI=1S/C12H16N2O4S/c1-13-12(15)8-3-6-11(18-9-4-5-9)10(7-8)14-19(2,16)17/h3,6-7,9,14H,4-5H2,1-2H3,(H,13,15). The van der Waals surface area contributed by atoms with Crippen molar-refractivity contribution in [3.05, 3.63) is 23.8 Å². The smallest absolute Gasteiger partial charge is 0.251 e. The van der Waals surface area contributed by atoms with Crippen molar-refractivity contribution in [3.8, 4) is 5.75 Å². The minimum absolute atomic E-state index is 0.144. The Morgan fingerprint density at radius 3 is 2.58 bits per heavy atom. The molecule has 1 aromatic carbocycles. The minimum Gasteiger partial charge on any atom is -0.488 e. The highest BCUT2D eigenvalue weighted by atomic mass is 32.2. The summed E-state index contributed by atoms with van der Waals surface area (Å²) in [5, 5.41) is 2.49. The number of carbonyl (C=O) groups is 1. The highest BCUT2D eigenvalue weighted by molar-refractivity contribution is 7.92. The van der Waals surface area contributed by atoms with E-state index in [1.165, 1.54) is 13.1 Å². The van der Waals surface area contributed by atoms with Gasteiger partial charge in [0.15, 0.2) is 0 Å². The number of anilines is 1. The summed E-state index contributed by atoms with van der Waals surface area (Å²) in [7, 11) is -1.91. The van der Waals surface area contributed by atoms with Gasteiger partial charge in [-0.05, 0) is 31.0 Å². The molecule has 0 atom stereocenters. The second kappa shape index (κ2) is 5.08. The number of benzene rings is 1. The predicted molar refractivity (Wildman–Crippen MR) is 71.9 cm³/mol. The summed E-state index contributed by atoms with van der Waals surface area (Å²) in [5.41, 5.74) is 0.660. The van der Waals surface area contributed by atoms with Gasteiger partial charge in [0.1, 0.15) is 5.75 Å². The molecule has 0 spiro atoms. The van der Waals surface area contributed by atoms with Crippen LogP contribution in [-0.2, 0) is 10.0 Å². The molecule has 0 unspecified atom stereocenters. The van der Waals surface area contributed by atoms with Gasteiger partial charge in [0.2, 0.25) is 10.0 Å². The van der Waals surface area contributed by atoms with Crippen molar-refractivity contribution >= 4 is 21.6 Å². The molecule has 0 heterocycles. The molecule has 1 amide bonds. The van der Waals surface area contributed by atoms with E-state index in [1.54, 1.807) is 12.1 Å². The fraction of sp³-hybridized carbons (Fsp3) is 0.417. The molecule has 1 fully saturated rings. The molecule has 0 aliphatic heterocycles. The van der Waals surface area contributed by atoms with Gasteiger partial charge in [0.25, 0.3) is 5.91 Å². The molecule has 0 radical (unpaired) electrons.